The first-order valence-electron chi connectivity index (χ1n) is 9.88. The van der Waals surface area contributed by atoms with E-state index in [-0.39, 0.29) is 11.8 Å². The summed E-state index contributed by atoms with van der Waals surface area (Å²) in [7, 11) is 1.86. The summed E-state index contributed by atoms with van der Waals surface area (Å²) >= 11 is 1.41. The minimum Gasteiger partial charge on any atom is -0.345 e. The summed E-state index contributed by atoms with van der Waals surface area (Å²) in [4.78, 5) is 38.1. The van der Waals surface area contributed by atoms with Crippen LogP contribution in [0.25, 0.3) is 0 Å². The van der Waals surface area contributed by atoms with E-state index in [1.165, 1.54) is 11.3 Å². The molecule has 0 bridgehead atoms. The summed E-state index contributed by atoms with van der Waals surface area (Å²) < 4.78 is 0. The number of piperidine rings is 1. The van der Waals surface area contributed by atoms with E-state index in [0.717, 1.165) is 55.0 Å². The van der Waals surface area contributed by atoms with Crippen LogP contribution in [0.3, 0.4) is 0 Å². The van der Waals surface area contributed by atoms with Gasteiger partial charge in [0.25, 0.3) is 5.91 Å². The van der Waals surface area contributed by atoms with Crippen molar-refractivity contribution in [3.05, 3.63) is 46.2 Å². The Bertz CT molecular complexity index is 793. The van der Waals surface area contributed by atoms with Gasteiger partial charge in [0, 0.05) is 51.4 Å². The van der Waals surface area contributed by atoms with E-state index in [1.807, 2.05) is 37.1 Å². The lowest BCUT2D eigenvalue weighted by atomic mass is 9.93. The number of thiazole rings is 1. The third kappa shape index (κ3) is 5.38. The van der Waals surface area contributed by atoms with Gasteiger partial charge in [-0.05, 0) is 44.2 Å². The Kier molecular flexibility index (Phi) is 7.14. The van der Waals surface area contributed by atoms with Crippen LogP contribution in [0.2, 0.25) is 0 Å². The standard InChI is InChI=1S/C21H28N4O2S/c1-16-20(28-15-23-16)21(27)25-12-5-6-17(14-25)8-9-19(26)24(2)13-10-18-7-3-4-11-22-18/h3-4,7,11,15,17H,5-6,8-10,12-14H2,1-2H3/t17-/m0/s1. The first-order valence-corrected chi connectivity index (χ1v) is 10.8. The highest BCUT2D eigenvalue weighted by Crippen LogP contribution is 2.24. The van der Waals surface area contributed by atoms with Crippen molar-refractivity contribution in [2.45, 2.75) is 39.0 Å². The maximum absolute atomic E-state index is 12.7. The second kappa shape index (κ2) is 9.78. The molecular formula is C21H28N4O2S. The van der Waals surface area contributed by atoms with Crippen LogP contribution in [0.15, 0.2) is 29.9 Å². The third-order valence-electron chi connectivity index (χ3n) is 5.37. The Morgan fingerprint density at radius 2 is 2.18 bits per heavy atom. The quantitative estimate of drug-likeness (QED) is 0.716. The lowest BCUT2D eigenvalue weighted by Gasteiger charge is -2.32. The molecule has 3 heterocycles. The van der Waals surface area contributed by atoms with Crippen LogP contribution in [0, 0.1) is 12.8 Å². The van der Waals surface area contributed by atoms with Crippen molar-refractivity contribution in [2.24, 2.45) is 5.92 Å². The van der Waals surface area contributed by atoms with Crippen LogP contribution in [0.5, 0.6) is 0 Å². The van der Waals surface area contributed by atoms with E-state index in [1.54, 1.807) is 16.6 Å². The molecule has 0 spiro atoms. The number of likely N-dealkylation sites (N-methyl/N-ethyl adjacent to an activating group) is 1. The van der Waals surface area contributed by atoms with Gasteiger partial charge in [-0.25, -0.2) is 4.98 Å². The summed E-state index contributed by atoms with van der Waals surface area (Å²) in [5, 5.41) is 0. The van der Waals surface area contributed by atoms with E-state index in [9.17, 15) is 9.59 Å². The number of carbonyl (C=O) groups excluding carboxylic acids is 2. The Balaban J connectivity index is 1.44. The molecule has 0 N–H and O–H groups in total. The van der Waals surface area contributed by atoms with Crippen molar-refractivity contribution in [3.63, 3.8) is 0 Å². The normalized spacial score (nSPS) is 16.8. The summed E-state index contributed by atoms with van der Waals surface area (Å²) in [5.74, 6) is 0.639. The summed E-state index contributed by atoms with van der Waals surface area (Å²) in [5.41, 5.74) is 3.53. The van der Waals surface area contributed by atoms with E-state index >= 15 is 0 Å². The van der Waals surface area contributed by atoms with Crippen LogP contribution in [0.1, 0.15) is 46.7 Å². The minimum absolute atomic E-state index is 0.0866. The maximum atomic E-state index is 12.7. The predicted octanol–water partition coefficient (Wildman–Crippen LogP) is 3.18. The van der Waals surface area contributed by atoms with Crippen molar-refractivity contribution in [3.8, 4) is 0 Å². The largest absolute Gasteiger partial charge is 0.345 e. The number of hydrogen-bond acceptors (Lipinski definition) is 5. The Hall–Kier alpha value is -2.28. The number of pyridine rings is 1. The molecule has 0 aliphatic carbocycles. The zero-order chi connectivity index (χ0) is 19.9. The van der Waals surface area contributed by atoms with E-state index in [2.05, 4.69) is 9.97 Å². The fraction of sp³-hybridized carbons (Fsp3) is 0.524. The van der Waals surface area contributed by atoms with E-state index < -0.39 is 0 Å². The average molecular weight is 401 g/mol. The smallest absolute Gasteiger partial charge is 0.265 e. The van der Waals surface area contributed by atoms with Crippen LogP contribution in [-0.4, -0.2) is 58.3 Å². The van der Waals surface area contributed by atoms with Crippen molar-refractivity contribution in [2.75, 3.05) is 26.7 Å². The van der Waals surface area contributed by atoms with Gasteiger partial charge in [-0.15, -0.1) is 11.3 Å². The highest BCUT2D eigenvalue weighted by molar-refractivity contribution is 7.11. The highest BCUT2D eigenvalue weighted by atomic mass is 32.1. The molecule has 2 amide bonds. The first kappa shape index (κ1) is 20.5. The second-order valence-corrected chi connectivity index (χ2v) is 8.31. The summed E-state index contributed by atoms with van der Waals surface area (Å²) in [6.07, 6.45) is 5.99. The van der Waals surface area contributed by atoms with E-state index in [4.69, 9.17) is 0 Å². The maximum Gasteiger partial charge on any atom is 0.265 e. The Morgan fingerprint density at radius 1 is 1.32 bits per heavy atom. The fourth-order valence-electron chi connectivity index (χ4n) is 3.61. The lowest BCUT2D eigenvalue weighted by Crippen LogP contribution is -2.40. The molecule has 1 aliphatic heterocycles. The number of aryl methyl sites for hydroxylation is 1. The molecule has 7 heteroatoms. The zero-order valence-electron chi connectivity index (χ0n) is 16.6. The van der Waals surface area contributed by atoms with Gasteiger partial charge >= 0.3 is 0 Å². The molecule has 150 valence electrons. The van der Waals surface area contributed by atoms with Crippen LogP contribution >= 0.6 is 11.3 Å². The topological polar surface area (TPSA) is 66.4 Å². The van der Waals surface area contributed by atoms with Gasteiger partial charge in [0.15, 0.2) is 0 Å². The molecule has 0 saturated carbocycles. The highest BCUT2D eigenvalue weighted by Gasteiger charge is 2.26. The molecule has 1 atom stereocenters. The van der Waals surface area contributed by atoms with Crippen LogP contribution < -0.4 is 0 Å². The summed E-state index contributed by atoms with van der Waals surface area (Å²) in [6, 6.07) is 5.84. The van der Waals surface area contributed by atoms with Gasteiger partial charge in [0.1, 0.15) is 4.88 Å². The van der Waals surface area contributed by atoms with Gasteiger partial charge < -0.3 is 9.80 Å². The van der Waals surface area contributed by atoms with Gasteiger partial charge in [0.05, 0.1) is 11.2 Å². The van der Waals surface area contributed by atoms with Gasteiger partial charge in [0.2, 0.25) is 5.91 Å². The number of likely N-dealkylation sites (tertiary alicyclic amines) is 1. The third-order valence-corrected chi connectivity index (χ3v) is 6.28. The van der Waals surface area contributed by atoms with Crippen LogP contribution in [0.4, 0.5) is 0 Å². The van der Waals surface area contributed by atoms with E-state index in [0.29, 0.717) is 18.9 Å². The Labute approximate surface area is 170 Å². The van der Waals surface area contributed by atoms with Gasteiger partial charge in [-0.3, -0.25) is 14.6 Å². The molecule has 1 saturated heterocycles. The molecule has 28 heavy (non-hydrogen) atoms. The van der Waals surface area contributed by atoms with Crippen molar-refractivity contribution >= 4 is 23.2 Å². The number of aromatic nitrogens is 2. The molecule has 1 aliphatic rings. The average Bonchev–Trinajstić information content (AvgIpc) is 3.16. The number of amides is 2. The van der Waals surface area contributed by atoms with Crippen LogP contribution in [-0.2, 0) is 11.2 Å². The van der Waals surface area contributed by atoms with Gasteiger partial charge in [-0.1, -0.05) is 6.07 Å². The minimum atomic E-state index is 0.0866. The fourth-order valence-corrected chi connectivity index (χ4v) is 4.38. The number of carbonyl (C=O) groups is 2. The SMILES string of the molecule is Cc1ncsc1C(=O)N1CCC[C@@H](CCC(=O)N(C)CCc2ccccn2)C1. The number of rotatable bonds is 7. The molecule has 2 aromatic heterocycles. The van der Waals surface area contributed by atoms with Crippen molar-refractivity contribution < 1.29 is 9.59 Å². The van der Waals surface area contributed by atoms with Gasteiger partial charge in [-0.2, -0.15) is 0 Å². The molecule has 0 aromatic carbocycles. The molecule has 3 rings (SSSR count). The molecule has 0 radical (unpaired) electrons. The molecule has 2 aromatic rings. The monoisotopic (exact) mass is 400 g/mol. The van der Waals surface area contributed by atoms with Crippen molar-refractivity contribution in [1.29, 1.82) is 0 Å². The predicted molar refractivity (Wildman–Crippen MR) is 110 cm³/mol. The molecule has 1 fully saturated rings. The Morgan fingerprint density at radius 3 is 2.89 bits per heavy atom. The number of hydrogen-bond donors (Lipinski definition) is 0. The molecule has 0 unspecified atom stereocenters. The molecular weight excluding hydrogens is 372 g/mol. The van der Waals surface area contributed by atoms with Crippen molar-refractivity contribution in [1.82, 2.24) is 19.8 Å². The first-order chi connectivity index (χ1) is 13.5. The zero-order valence-corrected chi connectivity index (χ0v) is 17.5. The summed E-state index contributed by atoms with van der Waals surface area (Å²) in [6.45, 7) is 4.09. The second-order valence-electron chi connectivity index (χ2n) is 7.45. The number of nitrogens with zero attached hydrogens (tertiary/aromatic N) is 4. The lowest BCUT2D eigenvalue weighted by molar-refractivity contribution is -0.130. The molecule has 6 nitrogen and oxygen atoms in total.